The maximum Gasteiger partial charge on any atom is 0.272 e. The fraction of sp³-hybridized carbons (Fsp3) is 0.400. The van der Waals surface area contributed by atoms with Crippen LogP contribution in [0.15, 0.2) is 45.7 Å². The highest BCUT2D eigenvalue weighted by molar-refractivity contribution is 7.98. The molecule has 2 heterocycles. The highest BCUT2D eigenvalue weighted by atomic mass is 32.2. The lowest BCUT2D eigenvalue weighted by atomic mass is 9.87. The molecule has 1 saturated carbocycles. The zero-order valence-corrected chi connectivity index (χ0v) is 16.4. The van der Waals surface area contributed by atoms with Crippen LogP contribution in [0, 0.1) is 0 Å². The van der Waals surface area contributed by atoms with Gasteiger partial charge in [0.25, 0.3) is 5.56 Å². The van der Waals surface area contributed by atoms with Gasteiger partial charge in [-0.3, -0.25) is 9.36 Å². The summed E-state index contributed by atoms with van der Waals surface area (Å²) < 4.78 is 2.71. The summed E-state index contributed by atoms with van der Waals surface area (Å²) in [5.41, 5.74) is 3.74. The van der Waals surface area contributed by atoms with Crippen LogP contribution in [0.4, 0.5) is 0 Å². The Balaban J connectivity index is 1.60. The minimum absolute atomic E-state index is 0.132. The van der Waals surface area contributed by atoms with Crippen molar-refractivity contribution in [2.75, 3.05) is 0 Å². The Morgan fingerprint density at radius 2 is 1.92 bits per heavy atom. The number of rotatable bonds is 4. The van der Waals surface area contributed by atoms with E-state index in [4.69, 9.17) is 4.98 Å². The molecule has 25 heavy (non-hydrogen) atoms. The first kappa shape index (κ1) is 16.9. The molecule has 0 unspecified atom stereocenters. The third-order valence-corrected chi connectivity index (χ3v) is 6.50. The van der Waals surface area contributed by atoms with E-state index in [1.165, 1.54) is 22.5 Å². The van der Waals surface area contributed by atoms with Crippen LogP contribution in [0.5, 0.6) is 0 Å². The molecular formula is C20H22N2OS2. The average molecular weight is 371 g/mol. The van der Waals surface area contributed by atoms with Crippen LogP contribution in [0.2, 0.25) is 0 Å². The summed E-state index contributed by atoms with van der Waals surface area (Å²) in [4.78, 5) is 17.5. The second kappa shape index (κ2) is 6.29. The molecule has 0 amide bonds. The van der Waals surface area contributed by atoms with Crippen molar-refractivity contribution in [3.63, 3.8) is 0 Å². The molecule has 0 atom stereocenters. The summed E-state index contributed by atoms with van der Waals surface area (Å²) in [6, 6.07) is 11.1. The quantitative estimate of drug-likeness (QED) is 0.457. The van der Waals surface area contributed by atoms with E-state index in [0.29, 0.717) is 6.04 Å². The first-order valence-corrected chi connectivity index (χ1v) is 10.5. The Morgan fingerprint density at radius 3 is 2.56 bits per heavy atom. The van der Waals surface area contributed by atoms with E-state index in [9.17, 15) is 4.79 Å². The van der Waals surface area contributed by atoms with Gasteiger partial charge >= 0.3 is 0 Å². The van der Waals surface area contributed by atoms with Crippen molar-refractivity contribution in [2.45, 2.75) is 56.0 Å². The van der Waals surface area contributed by atoms with Crippen molar-refractivity contribution in [3.8, 4) is 0 Å². The summed E-state index contributed by atoms with van der Waals surface area (Å²) >= 11 is 3.17. The molecule has 0 radical (unpaired) electrons. The van der Waals surface area contributed by atoms with Gasteiger partial charge in [0.2, 0.25) is 0 Å². The fourth-order valence-corrected chi connectivity index (χ4v) is 4.70. The zero-order valence-electron chi connectivity index (χ0n) is 14.8. The Bertz CT molecular complexity index is 960. The molecule has 130 valence electrons. The summed E-state index contributed by atoms with van der Waals surface area (Å²) in [7, 11) is 0. The number of fused-ring (bicyclic) bond motifs is 1. The van der Waals surface area contributed by atoms with Gasteiger partial charge in [0.15, 0.2) is 5.16 Å². The highest BCUT2D eigenvalue weighted by Crippen LogP contribution is 2.37. The lowest BCUT2D eigenvalue weighted by Crippen LogP contribution is -2.21. The number of benzene rings is 1. The van der Waals surface area contributed by atoms with Gasteiger partial charge in [0.05, 0.1) is 5.52 Å². The molecule has 0 aliphatic heterocycles. The monoisotopic (exact) mass is 370 g/mol. The van der Waals surface area contributed by atoms with Gasteiger partial charge in [0.1, 0.15) is 4.70 Å². The topological polar surface area (TPSA) is 34.9 Å². The van der Waals surface area contributed by atoms with Gasteiger partial charge in [-0.25, -0.2) is 4.98 Å². The molecule has 1 aliphatic rings. The fourth-order valence-electron chi connectivity index (χ4n) is 2.91. The van der Waals surface area contributed by atoms with Gasteiger partial charge in [-0.1, -0.05) is 56.8 Å². The maximum absolute atomic E-state index is 12.8. The molecule has 1 fully saturated rings. The van der Waals surface area contributed by atoms with Crippen molar-refractivity contribution in [2.24, 2.45) is 0 Å². The minimum atomic E-state index is 0.132. The number of nitrogens with zero attached hydrogens (tertiary/aromatic N) is 2. The Hall–Kier alpha value is -1.59. The van der Waals surface area contributed by atoms with Gasteiger partial charge in [-0.05, 0) is 40.8 Å². The third kappa shape index (κ3) is 3.40. The number of aromatic nitrogens is 2. The van der Waals surface area contributed by atoms with Crippen LogP contribution >= 0.6 is 23.1 Å². The molecular weight excluding hydrogens is 348 g/mol. The largest absolute Gasteiger partial charge is 0.283 e. The van der Waals surface area contributed by atoms with Gasteiger partial charge in [-0.15, -0.1) is 11.3 Å². The SMILES string of the molecule is CC(C)(C)c1ccc(CSc2nc3ccsc3c(=O)n2C2CC2)cc1. The molecule has 0 bridgehead atoms. The minimum Gasteiger partial charge on any atom is -0.283 e. The number of hydrogen-bond acceptors (Lipinski definition) is 4. The van der Waals surface area contributed by atoms with E-state index >= 15 is 0 Å². The van der Waals surface area contributed by atoms with Crippen molar-refractivity contribution < 1.29 is 0 Å². The van der Waals surface area contributed by atoms with Gasteiger partial charge in [-0.2, -0.15) is 0 Å². The molecule has 0 spiro atoms. The van der Waals surface area contributed by atoms with Gasteiger partial charge < -0.3 is 0 Å². The predicted molar refractivity (Wildman–Crippen MR) is 107 cm³/mol. The van der Waals surface area contributed by atoms with E-state index < -0.39 is 0 Å². The normalized spacial score (nSPS) is 15.0. The van der Waals surface area contributed by atoms with E-state index in [2.05, 4.69) is 45.0 Å². The van der Waals surface area contributed by atoms with E-state index in [1.807, 2.05) is 16.0 Å². The van der Waals surface area contributed by atoms with Crippen LogP contribution in [-0.4, -0.2) is 9.55 Å². The average Bonchev–Trinajstić information content (AvgIpc) is 3.29. The molecule has 0 N–H and O–H groups in total. The predicted octanol–water partition coefficient (Wildman–Crippen LogP) is 5.38. The van der Waals surface area contributed by atoms with Crippen LogP contribution < -0.4 is 5.56 Å². The van der Waals surface area contributed by atoms with Gasteiger partial charge in [0, 0.05) is 11.8 Å². The van der Waals surface area contributed by atoms with Crippen LogP contribution in [0.3, 0.4) is 0 Å². The Labute approximate surface area is 156 Å². The molecule has 0 saturated heterocycles. The standard InChI is InChI=1S/C20H22N2OS2/c1-20(2,3)14-6-4-13(5-7-14)12-25-19-21-16-10-11-24-17(16)18(23)22(19)15-8-9-15/h4-7,10-11,15H,8-9,12H2,1-3H3. The van der Waals surface area contributed by atoms with Crippen LogP contribution in [0.1, 0.15) is 50.8 Å². The number of thioether (sulfide) groups is 1. The molecule has 3 aromatic rings. The molecule has 4 rings (SSSR count). The third-order valence-electron chi connectivity index (χ3n) is 4.58. The van der Waals surface area contributed by atoms with Crippen molar-refractivity contribution in [1.29, 1.82) is 0 Å². The lowest BCUT2D eigenvalue weighted by Gasteiger charge is -2.19. The molecule has 2 aromatic heterocycles. The Morgan fingerprint density at radius 1 is 1.20 bits per heavy atom. The molecule has 3 nitrogen and oxygen atoms in total. The van der Waals surface area contributed by atoms with Crippen LogP contribution in [0.25, 0.3) is 10.2 Å². The van der Waals surface area contributed by atoms with E-state index in [1.54, 1.807) is 11.8 Å². The molecule has 1 aromatic carbocycles. The van der Waals surface area contributed by atoms with Crippen molar-refractivity contribution in [1.82, 2.24) is 9.55 Å². The summed E-state index contributed by atoms with van der Waals surface area (Å²) in [5.74, 6) is 0.833. The van der Waals surface area contributed by atoms with E-state index in [-0.39, 0.29) is 11.0 Å². The second-order valence-electron chi connectivity index (χ2n) is 7.67. The first-order valence-electron chi connectivity index (χ1n) is 8.65. The van der Waals surface area contributed by atoms with Crippen molar-refractivity contribution in [3.05, 3.63) is 57.2 Å². The second-order valence-corrected chi connectivity index (χ2v) is 9.53. The zero-order chi connectivity index (χ0) is 17.6. The van der Waals surface area contributed by atoms with E-state index in [0.717, 1.165) is 34.0 Å². The highest BCUT2D eigenvalue weighted by Gasteiger charge is 2.28. The Kier molecular flexibility index (Phi) is 4.24. The summed E-state index contributed by atoms with van der Waals surface area (Å²) in [6.45, 7) is 6.68. The molecule has 1 aliphatic carbocycles. The van der Waals surface area contributed by atoms with Crippen LogP contribution in [-0.2, 0) is 11.2 Å². The first-order chi connectivity index (χ1) is 11.9. The number of hydrogen-bond donors (Lipinski definition) is 0. The van der Waals surface area contributed by atoms with Crippen molar-refractivity contribution >= 4 is 33.3 Å². The summed E-state index contributed by atoms with van der Waals surface area (Å²) in [6.07, 6.45) is 2.18. The maximum atomic E-state index is 12.8. The summed E-state index contributed by atoms with van der Waals surface area (Å²) in [5, 5.41) is 2.81. The smallest absolute Gasteiger partial charge is 0.272 e. The lowest BCUT2D eigenvalue weighted by molar-refractivity contribution is 0.590. The number of thiophene rings is 1. The molecule has 5 heteroatoms.